The van der Waals surface area contributed by atoms with Crippen LogP contribution in [0.4, 0.5) is 0 Å². The molecule has 1 unspecified atom stereocenters. The predicted molar refractivity (Wildman–Crippen MR) is 89.4 cm³/mol. The summed E-state index contributed by atoms with van der Waals surface area (Å²) in [5.74, 6) is -0.0900. The molecule has 6 nitrogen and oxygen atoms in total. The number of thiophene rings is 1. The summed E-state index contributed by atoms with van der Waals surface area (Å²) < 4.78 is 27.6. The van der Waals surface area contributed by atoms with E-state index in [1.165, 1.54) is 18.3 Å². The number of hydrogen-bond donors (Lipinski definition) is 3. The maximum absolute atomic E-state index is 12.3. The monoisotopic (exact) mass is 347 g/mol. The largest absolute Gasteiger partial charge is 0.356 e. The fraction of sp³-hybridized carbons (Fsp3) is 0.643. The van der Waals surface area contributed by atoms with Crippen LogP contribution < -0.4 is 15.8 Å². The van der Waals surface area contributed by atoms with Gasteiger partial charge in [0, 0.05) is 30.9 Å². The normalized spacial score (nSPS) is 13.0. The molecule has 0 fully saturated rings. The molecule has 1 amide bonds. The lowest BCUT2D eigenvalue weighted by Gasteiger charge is -2.15. The number of nitrogens with two attached hydrogens (primary N) is 1. The lowest BCUT2D eigenvalue weighted by molar-refractivity contribution is -0.118. The molecule has 4 N–H and O–H groups in total. The molecule has 1 heterocycles. The maximum Gasteiger partial charge on any atom is 0.250 e. The SMILES string of the molecule is CCCCC(CN)NS(=O)(=O)c1ccc(CCNC(C)=O)s1. The Bertz CT molecular complexity index is 570. The highest BCUT2D eigenvalue weighted by molar-refractivity contribution is 7.91. The third-order valence-electron chi connectivity index (χ3n) is 3.16. The maximum atomic E-state index is 12.3. The van der Waals surface area contributed by atoms with E-state index in [0.29, 0.717) is 23.7 Å². The van der Waals surface area contributed by atoms with Crippen molar-refractivity contribution in [3.8, 4) is 0 Å². The van der Waals surface area contributed by atoms with Gasteiger partial charge in [0.15, 0.2) is 0 Å². The Morgan fingerprint density at radius 3 is 2.73 bits per heavy atom. The van der Waals surface area contributed by atoms with Crippen molar-refractivity contribution in [2.75, 3.05) is 13.1 Å². The van der Waals surface area contributed by atoms with Crippen molar-refractivity contribution in [2.45, 2.75) is 49.8 Å². The topological polar surface area (TPSA) is 101 Å². The van der Waals surface area contributed by atoms with E-state index in [1.807, 2.05) is 0 Å². The number of sulfonamides is 1. The lowest BCUT2D eigenvalue weighted by atomic mass is 10.1. The quantitative estimate of drug-likeness (QED) is 0.592. The van der Waals surface area contributed by atoms with Crippen LogP contribution in [0.5, 0.6) is 0 Å². The van der Waals surface area contributed by atoms with Crippen molar-refractivity contribution in [1.82, 2.24) is 10.0 Å². The molecular formula is C14H25N3O3S2. The highest BCUT2D eigenvalue weighted by Crippen LogP contribution is 2.22. The number of carbonyl (C=O) groups excluding carboxylic acids is 1. The number of rotatable bonds is 10. The van der Waals surface area contributed by atoms with Gasteiger partial charge in [-0.05, 0) is 25.0 Å². The zero-order valence-electron chi connectivity index (χ0n) is 13.1. The number of hydrogen-bond acceptors (Lipinski definition) is 5. The average molecular weight is 348 g/mol. The van der Waals surface area contributed by atoms with Crippen LogP contribution >= 0.6 is 11.3 Å². The van der Waals surface area contributed by atoms with E-state index in [1.54, 1.807) is 12.1 Å². The van der Waals surface area contributed by atoms with E-state index in [-0.39, 0.29) is 11.9 Å². The molecule has 8 heteroatoms. The van der Waals surface area contributed by atoms with E-state index in [9.17, 15) is 13.2 Å². The molecule has 0 spiro atoms. The van der Waals surface area contributed by atoms with Crippen LogP contribution in [0.2, 0.25) is 0 Å². The van der Waals surface area contributed by atoms with Crippen molar-refractivity contribution in [3.05, 3.63) is 17.0 Å². The third kappa shape index (κ3) is 6.43. The zero-order valence-corrected chi connectivity index (χ0v) is 14.7. The Balaban J connectivity index is 2.64. The molecular weight excluding hydrogens is 322 g/mol. The predicted octanol–water partition coefficient (Wildman–Crippen LogP) is 1.22. The fourth-order valence-corrected chi connectivity index (χ4v) is 4.61. The molecule has 0 radical (unpaired) electrons. The molecule has 0 saturated carbocycles. The van der Waals surface area contributed by atoms with Crippen molar-refractivity contribution in [3.63, 3.8) is 0 Å². The van der Waals surface area contributed by atoms with Crippen molar-refractivity contribution >= 4 is 27.3 Å². The molecule has 22 heavy (non-hydrogen) atoms. The van der Waals surface area contributed by atoms with Gasteiger partial charge in [0.05, 0.1) is 0 Å². The van der Waals surface area contributed by atoms with Gasteiger partial charge < -0.3 is 11.1 Å². The molecule has 1 aromatic rings. The fourth-order valence-electron chi connectivity index (χ4n) is 1.95. The Hall–Kier alpha value is -0.960. The summed E-state index contributed by atoms with van der Waals surface area (Å²) in [5.41, 5.74) is 5.63. The minimum atomic E-state index is -3.52. The molecule has 0 aromatic carbocycles. The van der Waals surface area contributed by atoms with Crippen LogP contribution in [0, 0.1) is 0 Å². The molecule has 1 rings (SSSR count). The van der Waals surface area contributed by atoms with Crippen molar-refractivity contribution in [2.24, 2.45) is 5.73 Å². The summed E-state index contributed by atoms with van der Waals surface area (Å²) in [7, 11) is -3.52. The van der Waals surface area contributed by atoms with E-state index >= 15 is 0 Å². The smallest absolute Gasteiger partial charge is 0.250 e. The summed E-state index contributed by atoms with van der Waals surface area (Å²) in [5, 5.41) is 2.69. The van der Waals surface area contributed by atoms with E-state index in [2.05, 4.69) is 17.0 Å². The van der Waals surface area contributed by atoms with Gasteiger partial charge in [-0.25, -0.2) is 13.1 Å². The molecule has 0 aliphatic heterocycles. The first-order chi connectivity index (χ1) is 10.4. The van der Waals surface area contributed by atoms with E-state index in [0.717, 1.165) is 24.1 Å². The molecule has 1 atom stereocenters. The molecule has 1 aromatic heterocycles. The first-order valence-electron chi connectivity index (χ1n) is 7.44. The Kier molecular flexibility index (Phi) is 8.02. The lowest BCUT2D eigenvalue weighted by Crippen LogP contribution is -2.39. The first-order valence-corrected chi connectivity index (χ1v) is 9.74. The van der Waals surface area contributed by atoms with Gasteiger partial charge in [0.2, 0.25) is 15.9 Å². The standard InChI is InChI=1S/C14H25N3O3S2/c1-3-4-5-12(10-15)17-22(19,20)14-7-6-13(21-14)8-9-16-11(2)18/h6-7,12,17H,3-5,8-10,15H2,1-2H3,(H,16,18). The summed E-state index contributed by atoms with van der Waals surface area (Å²) in [6, 6.07) is 3.16. The van der Waals surface area contributed by atoms with Gasteiger partial charge in [0.25, 0.3) is 0 Å². The minimum Gasteiger partial charge on any atom is -0.356 e. The van der Waals surface area contributed by atoms with Gasteiger partial charge >= 0.3 is 0 Å². The minimum absolute atomic E-state index is 0.0900. The van der Waals surface area contributed by atoms with Crippen LogP contribution in [0.15, 0.2) is 16.3 Å². The third-order valence-corrected chi connectivity index (χ3v) is 6.32. The van der Waals surface area contributed by atoms with Crippen LogP contribution in [0.1, 0.15) is 38.0 Å². The van der Waals surface area contributed by atoms with E-state index < -0.39 is 10.0 Å². The molecule has 0 bridgehead atoms. The zero-order chi connectivity index (χ0) is 16.6. The number of amides is 1. The van der Waals surface area contributed by atoms with Gasteiger partial charge in [0.1, 0.15) is 4.21 Å². The highest BCUT2D eigenvalue weighted by atomic mass is 32.2. The first kappa shape index (κ1) is 19.1. The Labute approximate surface area is 136 Å². The van der Waals surface area contributed by atoms with Crippen LogP contribution in [0.3, 0.4) is 0 Å². The summed E-state index contributed by atoms with van der Waals surface area (Å²) in [6.07, 6.45) is 3.31. The Morgan fingerprint density at radius 1 is 1.41 bits per heavy atom. The second kappa shape index (κ2) is 9.24. The summed E-state index contributed by atoms with van der Waals surface area (Å²) in [4.78, 5) is 11.7. The Morgan fingerprint density at radius 2 is 2.14 bits per heavy atom. The average Bonchev–Trinajstić information content (AvgIpc) is 2.92. The van der Waals surface area contributed by atoms with Crippen molar-refractivity contribution in [1.29, 1.82) is 0 Å². The second-order valence-electron chi connectivity index (χ2n) is 5.15. The molecule has 0 aliphatic carbocycles. The second-order valence-corrected chi connectivity index (χ2v) is 8.26. The van der Waals surface area contributed by atoms with E-state index in [4.69, 9.17) is 5.73 Å². The van der Waals surface area contributed by atoms with Gasteiger partial charge in [-0.2, -0.15) is 0 Å². The summed E-state index contributed by atoms with van der Waals surface area (Å²) >= 11 is 1.23. The molecule has 0 aliphatic rings. The highest BCUT2D eigenvalue weighted by Gasteiger charge is 2.20. The van der Waals surface area contributed by atoms with Crippen LogP contribution in [0.25, 0.3) is 0 Å². The molecule has 126 valence electrons. The summed E-state index contributed by atoms with van der Waals surface area (Å²) in [6.45, 7) is 4.31. The van der Waals surface area contributed by atoms with Crippen LogP contribution in [-0.2, 0) is 21.2 Å². The molecule has 0 saturated heterocycles. The van der Waals surface area contributed by atoms with Gasteiger partial charge in [-0.15, -0.1) is 11.3 Å². The number of unbranched alkanes of at least 4 members (excludes halogenated alkanes) is 1. The van der Waals surface area contributed by atoms with Gasteiger partial charge in [-0.3, -0.25) is 4.79 Å². The van der Waals surface area contributed by atoms with Gasteiger partial charge in [-0.1, -0.05) is 19.8 Å². The number of carbonyl (C=O) groups is 1. The van der Waals surface area contributed by atoms with Crippen molar-refractivity contribution < 1.29 is 13.2 Å². The number of nitrogens with one attached hydrogen (secondary N) is 2. The van der Waals surface area contributed by atoms with Crippen LogP contribution in [-0.4, -0.2) is 33.5 Å².